The van der Waals surface area contributed by atoms with E-state index in [1.54, 1.807) is 0 Å². The predicted octanol–water partition coefficient (Wildman–Crippen LogP) is 5.48. The molecule has 0 saturated heterocycles. The van der Waals surface area contributed by atoms with Crippen LogP contribution in [0.1, 0.15) is 25.0 Å². The summed E-state index contributed by atoms with van der Waals surface area (Å²) < 4.78 is 0. The molecule has 0 saturated carbocycles. The van der Waals surface area contributed by atoms with Gasteiger partial charge in [0.25, 0.3) is 0 Å². The summed E-state index contributed by atoms with van der Waals surface area (Å²) in [5.74, 6) is 0. The molecule has 2 aromatic carbocycles. The summed E-state index contributed by atoms with van der Waals surface area (Å²) >= 11 is -0.826. The summed E-state index contributed by atoms with van der Waals surface area (Å²) in [5.41, 5.74) is 7.12. The van der Waals surface area contributed by atoms with Crippen LogP contribution in [0.5, 0.6) is 0 Å². The first-order chi connectivity index (χ1) is 10.2. The number of rotatable bonds is 3. The van der Waals surface area contributed by atoms with E-state index in [4.69, 9.17) is 17.0 Å². The molecule has 0 amide bonds. The molecule has 1 aliphatic carbocycles. The van der Waals surface area contributed by atoms with E-state index in [2.05, 4.69) is 61.2 Å². The minimum absolute atomic E-state index is 0.826. The maximum atomic E-state index is 4.93. The molecule has 0 atom stereocenters. The van der Waals surface area contributed by atoms with Gasteiger partial charge < -0.3 is 4.90 Å². The summed E-state index contributed by atoms with van der Waals surface area (Å²) in [7, 11) is 9.87. The predicted molar refractivity (Wildman–Crippen MR) is 90.0 cm³/mol. The third-order valence-electron chi connectivity index (χ3n) is 3.91. The number of hydrogen-bond acceptors (Lipinski definition) is 1. The Labute approximate surface area is 145 Å². The topological polar surface area (TPSA) is 3.24 Å². The molecule has 0 radical (unpaired) electrons. The Morgan fingerprint density at radius 2 is 1.57 bits per heavy atom. The van der Waals surface area contributed by atoms with Gasteiger partial charge in [-0.15, -0.1) is 0 Å². The monoisotopic (exact) mass is 397 g/mol. The zero-order valence-electron chi connectivity index (χ0n) is 12.4. The van der Waals surface area contributed by atoms with Gasteiger partial charge in [0.1, 0.15) is 0 Å². The van der Waals surface area contributed by atoms with Crippen molar-refractivity contribution in [2.75, 3.05) is 18.0 Å². The standard InChI is InChI=1S/C17H19N.2ClH.Zr/c1-3-18(4-2)15-9-10-17-14(12-15)11-13-7-5-6-8-16(13)17;;;/h5-10,12H,3-4,11H2,1-2H3;2*1H;/q;;;+2/p-2. The first-order valence-corrected chi connectivity index (χ1v) is 13.5. The summed E-state index contributed by atoms with van der Waals surface area (Å²) in [6.45, 7) is 6.57. The summed E-state index contributed by atoms with van der Waals surface area (Å²) in [6, 6.07) is 15.7. The van der Waals surface area contributed by atoms with Crippen LogP contribution in [0.25, 0.3) is 11.1 Å². The van der Waals surface area contributed by atoms with Crippen LogP contribution in [0.15, 0.2) is 42.5 Å². The number of nitrogens with zero attached hydrogens (tertiary/aromatic N) is 1. The van der Waals surface area contributed by atoms with E-state index in [1.165, 1.54) is 27.9 Å². The molecule has 1 nitrogen and oxygen atoms in total. The van der Waals surface area contributed by atoms with Crippen LogP contribution in [0.2, 0.25) is 0 Å². The molecule has 0 aromatic heterocycles. The normalized spacial score (nSPS) is 11.0. The molecule has 0 aliphatic heterocycles. The van der Waals surface area contributed by atoms with Gasteiger partial charge >= 0.3 is 37.9 Å². The van der Waals surface area contributed by atoms with Gasteiger partial charge in [-0.2, -0.15) is 0 Å². The fourth-order valence-electron chi connectivity index (χ4n) is 2.92. The SMILES string of the molecule is CCN(CC)c1ccc2c(c1)Cc1ccccc1-2.[Cl][Zr][Cl]. The fourth-order valence-corrected chi connectivity index (χ4v) is 2.92. The second-order valence-corrected chi connectivity index (χ2v) is 8.65. The molecule has 4 heteroatoms. The average Bonchev–Trinajstić information content (AvgIpc) is 2.87. The maximum absolute atomic E-state index is 4.93. The molecule has 0 fully saturated rings. The van der Waals surface area contributed by atoms with E-state index in [1.807, 2.05) is 0 Å². The first-order valence-electron chi connectivity index (χ1n) is 7.17. The molecule has 0 unspecified atom stereocenters. The Balaban J connectivity index is 0.000000497. The molecule has 0 bridgehead atoms. The van der Waals surface area contributed by atoms with Crippen molar-refractivity contribution in [3.05, 3.63) is 53.6 Å². The van der Waals surface area contributed by atoms with Crippen molar-refractivity contribution in [3.8, 4) is 11.1 Å². The van der Waals surface area contributed by atoms with Crippen molar-refractivity contribution in [1.29, 1.82) is 0 Å². The van der Waals surface area contributed by atoms with Crippen molar-refractivity contribution in [2.45, 2.75) is 20.3 Å². The Bertz CT molecular complexity index is 597. The zero-order chi connectivity index (χ0) is 15.2. The van der Waals surface area contributed by atoms with Gasteiger partial charge in [-0.05, 0) is 54.7 Å². The Morgan fingerprint density at radius 1 is 0.952 bits per heavy atom. The van der Waals surface area contributed by atoms with Crippen LogP contribution < -0.4 is 4.90 Å². The molecule has 2 aromatic rings. The van der Waals surface area contributed by atoms with Crippen molar-refractivity contribution in [2.24, 2.45) is 0 Å². The van der Waals surface area contributed by atoms with Crippen LogP contribution in [0.4, 0.5) is 5.69 Å². The number of fused-ring (bicyclic) bond motifs is 3. The van der Waals surface area contributed by atoms with Gasteiger partial charge in [-0.25, -0.2) is 0 Å². The second kappa shape index (κ2) is 8.37. The second-order valence-electron chi connectivity index (χ2n) is 4.92. The van der Waals surface area contributed by atoms with Crippen LogP contribution in [0.3, 0.4) is 0 Å². The summed E-state index contributed by atoms with van der Waals surface area (Å²) in [5, 5.41) is 0. The molecule has 110 valence electrons. The van der Waals surface area contributed by atoms with E-state index in [-0.39, 0.29) is 0 Å². The van der Waals surface area contributed by atoms with Gasteiger partial charge in [0.05, 0.1) is 0 Å². The molecule has 0 N–H and O–H groups in total. The van der Waals surface area contributed by atoms with Crippen molar-refractivity contribution >= 4 is 22.7 Å². The molecular formula is C17H19Cl2NZr. The Morgan fingerprint density at radius 3 is 2.24 bits per heavy atom. The van der Waals surface area contributed by atoms with Crippen molar-refractivity contribution in [1.82, 2.24) is 0 Å². The first kappa shape index (κ1) is 17.1. The van der Waals surface area contributed by atoms with Gasteiger partial charge in [-0.1, -0.05) is 30.3 Å². The van der Waals surface area contributed by atoms with Crippen molar-refractivity contribution < 1.29 is 20.8 Å². The third-order valence-corrected chi connectivity index (χ3v) is 3.91. The third kappa shape index (κ3) is 3.92. The number of hydrogen-bond donors (Lipinski definition) is 0. The molecule has 0 heterocycles. The Hall–Kier alpha value is -0.297. The quantitative estimate of drug-likeness (QED) is 0.564. The van der Waals surface area contributed by atoms with Crippen LogP contribution in [0, 0.1) is 0 Å². The molecule has 3 rings (SSSR count). The fraction of sp³-hybridized carbons (Fsp3) is 0.294. The van der Waals surface area contributed by atoms with Gasteiger partial charge in [0, 0.05) is 18.8 Å². The molecular weight excluding hydrogens is 380 g/mol. The van der Waals surface area contributed by atoms with E-state index < -0.39 is 20.8 Å². The van der Waals surface area contributed by atoms with Gasteiger partial charge in [0.2, 0.25) is 0 Å². The minimum atomic E-state index is -0.826. The van der Waals surface area contributed by atoms with E-state index in [9.17, 15) is 0 Å². The summed E-state index contributed by atoms with van der Waals surface area (Å²) in [4.78, 5) is 2.41. The van der Waals surface area contributed by atoms with Crippen molar-refractivity contribution in [3.63, 3.8) is 0 Å². The summed E-state index contributed by atoms with van der Waals surface area (Å²) in [6.07, 6.45) is 1.08. The average molecular weight is 399 g/mol. The van der Waals surface area contributed by atoms with Gasteiger partial charge in [0.15, 0.2) is 0 Å². The van der Waals surface area contributed by atoms with Gasteiger partial charge in [-0.3, -0.25) is 0 Å². The molecule has 1 aliphatic rings. The van der Waals surface area contributed by atoms with E-state index >= 15 is 0 Å². The van der Waals surface area contributed by atoms with E-state index in [0.717, 1.165) is 19.5 Å². The number of anilines is 1. The Kier molecular flexibility index (Phi) is 6.80. The molecule has 0 spiro atoms. The number of benzene rings is 2. The van der Waals surface area contributed by atoms with E-state index in [0.29, 0.717) is 0 Å². The van der Waals surface area contributed by atoms with Crippen LogP contribution in [-0.4, -0.2) is 13.1 Å². The van der Waals surface area contributed by atoms with Crippen LogP contribution in [-0.2, 0) is 27.3 Å². The number of halogens is 2. The zero-order valence-corrected chi connectivity index (χ0v) is 16.3. The van der Waals surface area contributed by atoms with Crippen LogP contribution >= 0.6 is 17.0 Å². The molecule has 21 heavy (non-hydrogen) atoms.